The fourth-order valence-corrected chi connectivity index (χ4v) is 3.16. The van der Waals surface area contributed by atoms with Crippen molar-refractivity contribution in [2.75, 3.05) is 0 Å². The topological polar surface area (TPSA) is 50.2 Å². The summed E-state index contributed by atoms with van der Waals surface area (Å²) < 4.78 is 0. The standard InChI is InChI=1S/C16H10ClNO2S/c17-12-8-6-10(7-9-12)14-13(16(19)20)18-15(21-14)11-4-2-1-3-5-11/h1-9H,(H,19,20). The largest absolute Gasteiger partial charge is 0.476 e. The molecule has 3 aromatic rings. The molecule has 0 aliphatic heterocycles. The zero-order valence-corrected chi connectivity index (χ0v) is 12.4. The third kappa shape index (κ3) is 2.82. The Morgan fingerprint density at radius 3 is 2.29 bits per heavy atom. The van der Waals surface area contributed by atoms with Gasteiger partial charge in [-0.3, -0.25) is 0 Å². The second-order valence-electron chi connectivity index (χ2n) is 4.37. The number of thiazole rings is 1. The summed E-state index contributed by atoms with van der Waals surface area (Å²) in [5.41, 5.74) is 1.78. The number of hydrogen-bond donors (Lipinski definition) is 1. The average Bonchev–Trinajstić information content (AvgIpc) is 2.94. The Labute approximate surface area is 130 Å². The molecule has 3 nitrogen and oxygen atoms in total. The lowest BCUT2D eigenvalue weighted by Gasteiger charge is -1.98. The Balaban J connectivity index is 2.14. The summed E-state index contributed by atoms with van der Waals surface area (Å²) in [7, 11) is 0. The minimum absolute atomic E-state index is 0.0705. The monoisotopic (exact) mass is 315 g/mol. The van der Waals surface area contributed by atoms with Crippen molar-refractivity contribution in [1.29, 1.82) is 0 Å². The van der Waals surface area contributed by atoms with Crippen molar-refractivity contribution in [3.63, 3.8) is 0 Å². The lowest BCUT2D eigenvalue weighted by Crippen LogP contribution is -1.98. The molecule has 0 bridgehead atoms. The van der Waals surface area contributed by atoms with Gasteiger partial charge in [-0.2, -0.15) is 0 Å². The summed E-state index contributed by atoms with van der Waals surface area (Å²) in [4.78, 5) is 16.3. The quantitative estimate of drug-likeness (QED) is 0.753. The number of hydrogen-bond acceptors (Lipinski definition) is 3. The van der Waals surface area contributed by atoms with Crippen LogP contribution in [0.4, 0.5) is 0 Å². The summed E-state index contributed by atoms with van der Waals surface area (Å²) >= 11 is 7.24. The summed E-state index contributed by atoms with van der Waals surface area (Å²) in [5.74, 6) is -1.03. The predicted octanol–water partition coefficient (Wildman–Crippen LogP) is 4.83. The van der Waals surface area contributed by atoms with Gasteiger partial charge in [-0.15, -0.1) is 11.3 Å². The third-order valence-electron chi connectivity index (χ3n) is 2.96. The van der Waals surface area contributed by atoms with Gasteiger partial charge < -0.3 is 5.11 Å². The Morgan fingerprint density at radius 1 is 1.00 bits per heavy atom. The Hall–Kier alpha value is -2.17. The molecule has 21 heavy (non-hydrogen) atoms. The van der Waals surface area contributed by atoms with E-state index in [1.165, 1.54) is 11.3 Å². The molecule has 1 heterocycles. The van der Waals surface area contributed by atoms with Gasteiger partial charge in [0, 0.05) is 10.6 Å². The van der Waals surface area contributed by atoms with Gasteiger partial charge in [0.05, 0.1) is 4.88 Å². The fourth-order valence-electron chi connectivity index (χ4n) is 1.97. The van der Waals surface area contributed by atoms with E-state index in [0.29, 0.717) is 14.9 Å². The highest BCUT2D eigenvalue weighted by atomic mass is 35.5. The molecule has 5 heteroatoms. The molecule has 0 atom stereocenters. The number of aromatic nitrogens is 1. The van der Waals surface area contributed by atoms with E-state index in [9.17, 15) is 9.90 Å². The van der Waals surface area contributed by atoms with Crippen LogP contribution in [0.5, 0.6) is 0 Å². The van der Waals surface area contributed by atoms with Gasteiger partial charge in [-0.25, -0.2) is 9.78 Å². The van der Waals surface area contributed by atoms with Crippen LogP contribution in [0.3, 0.4) is 0 Å². The van der Waals surface area contributed by atoms with Crippen molar-refractivity contribution in [3.8, 4) is 21.0 Å². The smallest absolute Gasteiger partial charge is 0.356 e. The van der Waals surface area contributed by atoms with Gasteiger partial charge in [-0.05, 0) is 17.7 Å². The first kappa shape index (κ1) is 13.8. The van der Waals surface area contributed by atoms with E-state index in [2.05, 4.69) is 4.98 Å². The number of carbonyl (C=O) groups is 1. The van der Waals surface area contributed by atoms with Crippen LogP contribution in [0, 0.1) is 0 Å². The van der Waals surface area contributed by atoms with E-state index in [1.54, 1.807) is 24.3 Å². The molecule has 0 aliphatic carbocycles. The number of benzene rings is 2. The van der Waals surface area contributed by atoms with Gasteiger partial charge in [0.1, 0.15) is 5.01 Å². The molecule has 0 amide bonds. The van der Waals surface area contributed by atoms with Crippen molar-refractivity contribution in [2.45, 2.75) is 0 Å². The maximum Gasteiger partial charge on any atom is 0.356 e. The van der Waals surface area contributed by atoms with Crippen LogP contribution in [0.2, 0.25) is 5.02 Å². The molecule has 1 aromatic heterocycles. The fraction of sp³-hybridized carbons (Fsp3) is 0. The Kier molecular flexibility index (Phi) is 3.73. The maximum absolute atomic E-state index is 11.4. The van der Waals surface area contributed by atoms with Crippen LogP contribution in [0.1, 0.15) is 10.5 Å². The zero-order valence-electron chi connectivity index (χ0n) is 10.8. The van der Waals surface area contributed by atoms with Crippen LogP contribution in [0.15, 0.2) is 54.6 Å². The molecule has 0 aliphatic rings. The number of nitrogens with zero attached hydrogens (tertiary/aromatic N) is 1. The number of rotatable bonds is 3. The highest BCUT2D eigenvalue weighted by Gasteiger charge is 2.19. The second-order valence-corrected chi connectivity index (χ2v) is 5.81. The third-order valence-corrected chi connectivity index (χ3v) is 4.36. The van der Waals surface area contributed by atoms with Gasteiger partial charge >= 0.3 is 5.97 Å². The van der Waals surface area contributed by atoms with Gasteiger partial charge in [0.15, 0.2) is 5.69 Å². The first-order valence-electron chi connectivity index (χ1n) is 6.20. The highest BCUT2D eigenvalue weighted by molar-refractivity contribution is 7.18. The van der Waals surface area contributed by atoms with E-state index >= 15 is 0 Å². The second kappa shape index (κ2) is 5.68. The highest BCUT2D eigenvalue weighted by Crippen LogP contribution is 2.35. The molecular weight excluding hydrogens is 306 g/mol. The van der Waals surface area contributed by atoms with E-state index in [1.807, 2.05) is 30.3 Å². The molecule has 2 aromatic carbocycles. The van der Waals surface area contributed by atoms with E-state index in [-0.39, 0.29) is 5.69 Å². The Morgan fingerprint density at radius 2 is 1.67 bits per heavy atom. The predicted molar refractivity (Wildman–Crippen MR) is 85.0 cm³/mol. The minimum Gasteiger partial charge on any atom is -0.476 e. The van der Waals surface area contributed by atoms with E-state index in [0.717, 1.165) is 11.1 Å². The SMILES string of the molecule is O=C(O)c1nc(-c2ccccc2)sc1-c1ccc(Cl)cc1. The van der Waals surface area contributed by atoms with Crippen molar-refractivity contribution < 1.29 is 9.90 Å². The van der Waals surface area contributed by atoms with Crippen molar-refractivity contribution in [1.82, 2.24) is 4.98 Å². The summed E-state index contributed by atoms with van der Waals surface area (Å²) in [5, 5.41) is 10.7. The van der Waals surface area contributed by atoms with Crippen LogP contribution < -0.4 is 0 Å². The van der Waals surface area contributed by atoms with Gasteiger partial charge in [0.2, 0.25) is 0 Å². The number of carboxylic acid groups (broad SMARTS) is 1. The molecule has 0 saturated heterocycles. The molecule has 0 unspecified atom stereocenters. The first-order chi connectivity index (χ1) is 10.1. The molecule has 104 valence electrons. The van der Waals surface area contributed by atoms with Crippen LogP contribution in [-0.4, -0.2) is 16.1 Å². The molecule has 1 N–H and O–H groups in total. The lowest BCUT2D eigenvalue weighted by atomic mass is 10.1. The van der Waals surface area contributed by atoms with Gasteiger partial charge in [-0.1, -0.05) is 54.1 Å². The molecule has 0 fully saturated rings. The summed E-state index contributed by atoms with van der Waals surface area (Å²) in [6.07, 6.45) is 0. The maximum atomic E-state index is 11.4. The summed E-state index contributed by atoms with van der Waals surface area (Å²) in [6.45, 7) is 0. The van der Waals surface area contributed by atoms with Crippen molar-refractivity contribution in [3.05, 3.63) is 65.3 Å². The number of carboxylic acids is 1. The molecule has 0 spiro atoms. The van der Waals surface area contributed by atoms with E-state index in [4.69, 9.17) is 11.6 Å². The number of halogens is 1. The normalized spacial score (nSPS) is 10.5. The minimum atomic E-state index is -1.03. The molecule has 0 radical (unpaired) electrons. The summed E-state index contributed by atoms with van der Waals surface area (Å²) in [6, 6.07) is 16.6. The van der Waals surface area contributed by atoms with Crippen molar-refractivity contribution >= 4 is 28.9 Å². The van der Waals surface area contributed by atoms with Crippen LogP contribution >= 0.6 is 22.9 Å². The van der Waals surface area contributed by atoms with Crippen LogP contribution in [0.25, 0.3) is 21.0 Å². The van der Waals surface area contributed by atoms with Crippen LogP contribution in [-0.2, 0) is 0 Å². The molecular formula is C16H10ClNO2S. The molecule has 0 saturated carbocycles. The lowest BCUT2D eigenvalue weighted by molar-refractivity contribution is 0.0692. The zero-order chi connectivity index (χ0) is 14.8. The number of aromatic carboxylic acids is 1. The molecule has 3 rings (SSSR count). The van der Waals surface area contributed by atoms with E-state index < -0.39 is 5.97 Å². The van der Waals surface area contributed by atoms with Gasteiger partial charge in [0.25, 0.3) is 0 Å². The average molecular weight is 316 g/mol. The van der Waals surface area contributed by atoms with Crippen molar-refractivity contribution in [2.24, 2.45) is 0 Å². The first-order valence-corrected chi connectivity index (χ1v) is 7.40. The Bertz CT molecular complexity index is 782.